The summed E-state index contributed by atoms with van der Waals surface area (Å²) in [5.41, 5.74) is 0. The second-order valence-corrected chi connectivity index (χ2v) is 2.59. The molecule has 1 heterocycles. The Balaban J connectivity index is 2.71. The van der Waals surface area contributed by atoms with Crippen LogP contribution in [0.1, 0.15) is 0 Å². The molecule has 0 saturated carbocycles. The lowest BCUT2D eigenvalue weighted by molar-refractivity contribution is -0.136. The van der Waals surface area contributed by atoms with Crippen LogP contribution in [-0.2, 0) is 9.59 Å². The van der Waals surface area contributed by atoms with E-state index in [1.54, 1.807) is 6.07 Å². The van der Waals surface area contributed by atoms with Gasteiger partial charge in [0.1, 0.15) is 13.1 Å². The summed E-state index contributed by atoms with van der Waals surface area (Å²) in [6.07, 6.45) is 1.35. The molecule has 76 valence electrons. The molecule has 1 aromatic rings. The molecule has 0 aliphatic heterocycles. The number of anilines is 1. The van der Waals surface area contributed by atoms with E-state index >= 15 is 0 Å². The Labute approximate surface area is 79.4 Å². The minimum absolute atomic E-state index is 0.231. The van der Waals surface area contributed by atoms with Crippen LogP contribution < -0.4 is 4.90 Å². The Morgan fingerprint density at radius 2 is 1.86 bits per heavy atom. The molecule has 0 radical (unpaired) electrons. The minimum Gasteiger partial charge on any atom is -0.480 e. The van der Waals surface area contributed by atoms with E-state index in [9.17, 15) is 9.59 Å². The summed E-state index contributed by atoms with van der Waals surface area (Å²) in [7, 11) is 0. The predicted molar refractivity (Wildman–Crippen MR) is 46.2 cm³/mol. The number of aliphatic carboxylic acids is 2. The van der Waals surface area contributed by atoms with Gasteiger partial charge in [0.05, 0.1) is 6.26 Å². The van der Waals surface area contributed by atoms with Crippen molar-refractivity contribution in [3.05, 3.63) is 18.4 Å². The van der Waals surface area contributed by atoms with Crippen molar-refractivity contribution >= 4 is 17.8 Å². The number of carboxylic acid groups (broad SMARTS) is 2. The molecule has 0 saturated heterocycles. The average Bonchev–Trinajstić information content (AvgIpc) is 2.52. The summed E-state index contributed by atoms with van der Waals surface area (Å²) >= 11 is 0. The van der Waals surface area contributed by atoms with Crippen molar-refractivity contribution in [2.24, 2.45) is 0 Å². The maximum Gasteiger partial charge on any atom is 0.323 e. The molecule has 0 unspecified atom stereocenters. The quantitative estimate of drug-likeness (QED) is 0.706. The molecule has 0 fully saturated rings. The predicted octanol–water partition coefficient (Wildman–Crippen LogP) is 0.255. The van der Waals surface area contributed by atoms with Gasteiger partial charge < -0.3 is 19.5 Å². The van der Waals surface area contributed by atoms with E-state index in [2.05, 4.69) is 0 Å². The number of carboxylic acids is 2. The van der Waals surface area contributed by atoms with Crippen LogP contribution in [-0.4, -0.2) is 35.2 Å². The molecule has 0 spiro atoms. The first-order valence-electron chi connectivity index (χ1n) is 3.81. The van der Waals surface area contributed by atoms with Gasteiger partial charge in [0.2, 0.25) is 0 Å². The highest BCUT2D eigenvalue weighted by atomic mass is 16.4. The second kappa shape index (κ2) is 4.31. The van der Waals surface area contributed by atoms with E-state index in [1.165, 1.54) is 12.3 Å². The largest absolute Gasteiger partial charge is 0.480 e. The second-order valence-electron chi connectivity index (χ2n) is 2.59. The summed E-state index contributed by atoms with van der Waals surface area (Å²) < 4.78 is 4.90. The van der Waals surface area contributed by atoms with Gasteiger partial charge in [-0.3, -0.25) is 9.59 Å². The van der Waals surface area contributed by atoms with Crippen molar-refractivity contribution in [1.82, 2.24) is 0 Å². The normalized spacial score (nSPS) is 9.71. The standard InChI is InChI=1S/C8H9NO5/c10-7(11)4-9(5-8(12)13)6-2-1-3-14-6/h1-3H,4-5H2,(H,10,11)(H,12,13). The third-order valence-corrected chi connectivity index (χ3v) is 1.47. The van der Waals surface area contributed by atoms with Gasteiger partial charge >= 0.3 is 11.9 Å². The van der Waals surface area contributed by atoms with E-state index in [1.807, 2.05) is 0 Å². The van der Waals surface area contributed by atoms with Crippen LogP contribution in [0.25, 0.3) is 0 Å². The molecular weight excluding hydrogens is 190 g/mol. The van der Waals surface area contributed by atoms with Crippen LogP contribution >= 0.6 is 0 Å². The third kappa shape index (κ3) is 2.81. The fourth-order valence-electron chi connectivity index (χ4n) is 0.988. The molecule has 0 atom stereocenters. The lowest BCUT2D eigenvalue weighted by Gasteiger charge is -2.16. The molecule has 2 N–H and O–H groups in total. The van der Waals surface area contributed by atoms with Gasteiger partial charge in [-0.05, 0) is 6.07 Å². The van der Waals surface area contributed by atoms with Gasteiger partial charge in [-0.25, -0.2) is 0 Å². The van der Waals surface area contributed by atoms with Gasteiger partial charge in [-0.15, -0.1) is 0 Å². The molecule has 1 rings (SSSR count). The van der Waals surface area contributed by atoms with Crippen LogP contribution in [0.3, 0.4) is 0 Å². The Morgan fingerprint density at radius 1 is 1.29 bits per heavy atom. The Hall–Kier alpha value is -1.98. The molecule has 1 aromatic heterocycles. The number of hydrogen-bond acceptors (Lipinski definition) is 4. The summed E-state index contributed by atoms with van der Waals surface area (Å²) in [6.45, 7) is -0.806. The van der Waals surface area contributed by atoms with Crippen LogP contribution in [0.4, 0.5) is 5.88 Å². The van der Waals surface area contributed by atoms with Crippen molar-refractivity contribution in [2.45, 2.75) is 0 Å². The van der Waals surface area contributed by atoms with Crippen LogP contribution in [0.5, 0.6) is 0 Å². The number of nitrogens with zero attached hydrogens (tertiary/aromatic N) is 1. The van der Waals surface area contributed by atoms with Gasteiger partial charge in [0, 0.05) is 6.07 Å². The van der Waals surface area contributed by atoms with E-state index < -0.39 is 25.0 Å². The van der Waals surface area contributed by atoms with Crippen LogP contribution in [0.2, 0.25) is 0 Å². The molecule has 6 nitrogen and oxygen atoms in total. The highest BCUT2D eigenvalue weighted by Gasteiger charge is 2.15. The van der Waals surface area contributed by atoms with Crippen molar-refractivity contribution in [3.63, 3.8) is 0 Å². The summed E-state index contributed by atoms with van der Waals surface area (Å²) in [4.78, 5) is 21.9. The highest BCUT2D eigenvalue weighted by Crippen LogP contribution is 2.13. The highest BCUT2D eigenvalue weighted by molar-refractivity contribution is 5.78. The van der Waals surface area contributed by atoms with Gasteiger partial charge in [-0.1, -0.05) is 0 Å². The van der Waals surface area contributed by atoms with Crippen molar-refractivity contribution in [2.75, 3.05) is 18.0 Å². The molecule has 0 amide bonds. The fourth-order valence-corrected chi connectivity index (χ4v) is 0.988. The number of furan rings is 1. The van der Waals surface area contributed by atoms with Gasteiger partial charge in [0.15, 0.2) is 5.88 Å². The third-order valence-electron chi connectivity index (χ3n) is 1.47. The summed E-state index contributed by atoms with van der Waals surface area (Å²) in [6, 6.07) is 3.07. The Bertz CT molecular complexity index is 302. The molecule has 0 aliphatic rings. The molecule has 6 heteroatoms. The van der Waals surface area contributed by atoms with E-state index in [-0.39, 0.29) is 5.88 Å². The summed E-state index contributed by atoms with van der Waals surface area (Å²) in [5.74, 6) is -1.99. The number of rotatable bonds is 5. The molecular formula is C8H9NO5. The van der Waals surface area contributed by atoms with Crippen molar-refractivity contribution < 1.29 is 24.2 Å². The first-order chi connectivity index (χ1) is 6.59. The zero-order valence-electron chi connectivity index (χ0n) is 7.21. The Kier molecular flexibility index (Phi) is 3.11. The van der Waals surface area contributed by atoms with Crippen LogP contribution in [0.15, 0.2) is 22.8 Å². The summed E-state index contributed by atoms with van der Waals surface area (Å²) in [5, 5.41) is 17.0. The fraction of sp³-hybridized carbons (Fsp3) is 0.250. The van der Waals surface area contributed by atoms with Crippen molar-refractivity contribution in [3.8, 4) is 0 Å². The molecule has 0 aromatic carbocycles. The minimum atomic E-state index is -1.11. The first-order valence-corrected chi connectivity index (χ1v) is 3.81. The molecule has 14 heavy (non-hydrogen) atoms. The average molecular weight is 199 g/mol. The van der Waals surface area contributed by atoms with Crippen molar-refractivity contribution in [1.29, 1.82) is 0 Å². The van der Waals surface area contributed by atoms with Gasteiger partial charge in [-0.2, -0.15) is 0 Å². The zero-order chi connectivity index (χ0) is 10.6. The monoisotopic (exact) mass is 199 g/mol. The first kappa shape index (κ1) is 10.1. The zero-order valence-corrected chi connectivity index (χ0v) is 7.21. The van der Waals surface area contributed by atoms with E-state index in [4.69, 9.17) is 14.6 Å². The van der Waals surface area contributed by atoms with Crippen LogP contribution in [0, 0.1) is 0 Å². The molecule has 0 aliphatic carbocycles. The lowest BCUT2D eigenvalue weighted by Crippen LogP contribution is -2.34. The SMILES string of the molecule is O=C(O)CN(CC(=O)O)c1ccco1. The Morgan fingerprint density at radius 3 is 2.21 bits per heavy atom. The maximum absolute atomic E-state index is 10.4. The van der Waals surface area contributed by atoms with Gasteiger partial charge in [0.25, 0.3) is 0 Å². The van der Waals surface area contributed by atoms with E-state index in [0.717, 1.165) is 4.90 Å². The topological polar surface area (TPSA) is 91.0 Å². The smallest absolute Gasteiger partial charge is 0.323 e. The lowest BCUT2D eigenvalue weighted by atomic mass is 10.4. The number of hydrogen-bond donors (Lipinski definition) is 2. The number of carbonyl (C=O) groups is 2. The maximum atomic E-state index is 10.4. The van der Waals surface area contributed by atoms with E-state index in [0.29, 0.717) is 0 Å². The molecule has 0 bridgehead atoms.